The first-order valence-corrected chi connectivity index (χ1v) is 7.55. The summed E-state index contributed by atoms with van der Waals surface area (Å²) in [6.45, 7) is 1.02. The lowest BCUT2D eigenvalue weighted by Crippen LogP contribution is -2.15. The number of carbonyl (C=O) groups is 1. The Morgan fingerprint density at radius 3 is 2.46 bits per heavy atom. The van der Waals surface area contributed by atoms with E-state index in [2.05, 4.69) is 0 Å². The number of ether oxygens (including phenoxy) is 4. The first-order chi connectivity index (χ1) is 11.7. The van der Waals surface area contributed by atoms with Crippen molar-refractivity contribution in [2.45, 2.75) is 0 Å². The van der Waals surface area contributed by atoms with Crippen LogP contribution >= 0.6 is 0 Å². The van der Waals surface area contributed by atoms with Crippen molar-refractivity contribution in [1.82, 2.24) is 0 Å². The minimum Gasteiger partial charge on any atom is -0.493 e. The highest BCUT2D eigenvalue weighted by atomic mass is 16.6. The molecule has 0 amide bonds. The average molecular weight is 326 g/mol. The summed E-state index contributed by atoms with van der Waals surface area (Å²) in [7, 11) is 3.16. The number of carbonyl (C=O) groups excluding carboxylic acids is 1. The molecule has 3 rings (SSSR count). The maximum absolute atomic E-state index is 12.3. The first-order valence-electron chi connectivity index (χ1n) is 7.55. The van der Waals surface area contributed by atoms with E-state index in [0.29, 0.717) is 41.8 Å². The maximum atomic E-state index is 12.3. The van der Waals surface area contributed by atoms with Crippen LogP contribution in [0.1, 0.15) is 15.9 Å². The molecule has 0 radical (unpaired) electrons. The smallest absolute Gasteiger partial charge is 0.185 e. The number of rotatable bonds is 5. The minimum absolute atomic E-state index is 0.109. The number of allylic oxidation sites excluding steroid dienone is 1. The first kappa shape index (κ1) is 15.9. The SMILES string of the molecule is COc1ccc(C=CC(=O)c2ccc3c(c2)OCCO3)cc1OC. The molecule has 0 saturated carbocycles. The maximum Gasteiger partial charge on any atom is 0.185 e. The van der Waals surface area contributed by atoms with Gasteiger partial charge in [-0.25, -0.2) is 0 Å². The van der Waals surface area contributed by atoms with E-state index in [1.165, 1.54) is 6.08 Å². The Morgan fingerprint density at radius 2 is 1.71 bits per heavy atom. The second-order valence-corrected chi connectivity index (χ2v) is 5.17. The van der Waals surface area contributed by atoms with E-state index in [1.807, 2.05) is 12.1 Å². The van der Waals surface area contributed by atoms with Crippen LogP contribution in [0.25, 0.3) is 6.08 Å². The standard InChI is InChI=1S/C19H18O5/c1-21-16-7-4-13(11-18(16)22-2)3-6-15(20)14-5-8-17-19(12-14)24-10-9-23-17/h3-8,11-12H,9-10H2,1-2H3. The van der Waals surface area contributed by atoms with E-state index < -0.39 is 0 Å². The highest BCUT2D eigenvalue weighted by Gasteiger charge is 2.13. The third-order valence-corrected chi connectivity index (χ3v) is 3.66. The van der Waals surface area contributed by atoms with Crippen molar-refractivity contribution in [3.8, 4) is 23.0 Å². The summed E-state index contributed by atoms with van der Waals surface area (Å²) in [4.78, 5) is 12.3. The van der Waals surface area contributed by atoms with E-state index >= 15 is 0 Å². The zero-order valence-corrected chi connectivity index (χ0v) is 13.6. The van der Waals surface area contributed by atoms with Gasteiger partial charge in [0.05, 0.1) is 14.2 Å². The molecule has 0 aromatic heterocycles. The van der Waals surface area contributed by atoms with Gasteiger partial charge in [-0.05, 0) is 42.0 Å². The molecule has 0 atom stereocenters. The van der Waals surface area contributed by atoms with E-state index in [9.17, 15) is 4.79 Å². The molecule has 0 N–H and O–H groups in total. The normalized spacial score (nSPS) is 12.9. The van der Waals surface area contributed by atoms with Crippen LogP contribution in [0.5, 0.6) is 23.0 Å². The molecular formula is C19H18O5. The van der Waals surface area contributed by atoms with Gasteiger partial charge in [0, 0.05) is 5.56 Å². The van der Waals surface area contributed by atoms with Crippen molar-refractivity contribution in [1.29, 1.82) is 0 Å². The molecule has 1 aliphatic rings. The lowest BCUT2D eigenvalue weighted by Gasteiger charge is -2.18. The third kappa shape index (κ3) is 3.35. The summed E-state index contributed by atoms with van der Waals surface area (Å²) >= 11 is 0. The predicted octanol–water partition coefficient (Wildman–Crippen LogP) is 3.37. The summed E-state index contributed by atoms with van der Waals surface area (Å²) in [5.74, 6) is 2.43. The summed E-state index contributed by atoms with van der Waals surface area (Å²) in [6.07, 6.45) is 3.26. The predicted molar refractivity (Wildman–Crippen MR) is 90.3 cm³/mol. The van der Waals surface area contributed by atoms with Gasteiger partial charge in [0.25, 0.3) is 0 Å². The second-order valence-electron chi connectivity index (χ2n) is 5.17. The number of hydrogen-bond acceptors (Lipinski definition) is 5. The zero-order chi connectivity index (χ0) is 16.9. The molecule has 1 heterocycles. The van der Waals surface area contributed by atoms with Gasteiger partial charge in [-0.3, -0.25) is 4.79 Å². The van der Waals surface area contributed by atoms with Crippen LogP contribution in [-0.2, 0) is 0 Å². The van der Waals surface area contributed by atoms with Crippen molar-refractivity contribution in [2.75, 3.05) is 27.4 Å². The number of benzene rings is 2. The molecule has 0 aliphatic carbocycles. The van der Waals surface area contributed by atoms with Crippen LogP contribution in [0.2, 0.25) is 0 Å². The molecule has 124 valence electrons. The van der Waals surface area contributed by atoms with Gasteiger partial charge in [-0.15, -0.1) is 0 Å². The highest BCUT2D eigenvalue weighted by Crippen LogP contribution is 2.31. The fourth-order valence-corrected chi connectivity index (χ4v) is 2.42. The monoisotopic (exact) mass is 326 g/mol. The van der Waals surface area contributed by atoms with Gasteiger partial charge in [0.1, 0.15) is 13.2 Å². The summed E-state index contributed by atoms with van der Waals surface area (Å²) in [5.41, 5.74) is 1.40. The van der Waals surface area contributed by atoms with Crippen LogP contribution in [0.4, 0.5) is 0 Å². The van der Waals surface area contributed by atoms with E-state index in [4.69, 9.17) is 18.9 Å². The third-order valence-electron chi connectivity index (χ3n) is 3.66. The molecule has 24 heavy (non-hydrogen) atoms. The van der Waals surface area contributed by atoms with Crippen LogP contribution in [0.3, 0.4) is 0 Å². The van der Waals surface area contributed by atoms with Gasteiger partial charge in [0.2, 0.25) is 0 Å². The number of ketones is 1. The van der Waals surface area contributed by atoms with Gasteiger partial charge in [-0.1, -0.05) is 12.1 Å². The molecule has 1 aliphatic heterocycles. The van der Waals surface area contributed by atoms with Crippen LogP contribution in [-0.4, -0.2) is 33.2 Å². The quantitative estimate of drug-likeness (QED) is 0.623. The van der Waals surface area contributed by atoms with Crippen LogP contribution in [0, 0.1) is 0 Å². The number of fused-ring (bicyclic) bond motifs is 1. The molecular weight excluding hydrogens is 308 g/mol. The van der Waals surface area contributed by atoms with Crippen molar-refractivity contribution in [2.24, 2.45) is 0 Å². The fourth-order valence-electron chi connectivity index (χ4n) is 2.42. The Labute approximate surface area is 140 Å². The van der Waals surface area contributed by atoms with Crippen LogP contribution < -0.4 is 18.9 Å². The number of hydrogen-bond donors (Lipinski definition) is 0. The van der Waals surface area contributed by atoms with Gasteiger partial charge in [0.15, 0.2) is 28.8 Å². The summed E-state index contributed by atoms with van der Waals surface area (Å²) in [6, 6.07) is 10.7. The lowest BCUT2D eigenvalue weighted by molar-refractivity contribution is 0.104. The molecule has 5 nitrogen and oxygen atoms in total. The Bertz CT molecular complexity index is 779. The Kier molecular flexibility index (Phi) is 4.70. The average Bonchev–Trinajstić information content (AvgIpc) is 2.65. The Balaban J connectivity index is 1.78. The molecule has 0 saturated heterocycles. The van der Waals surface area contributed by atoms with Crippen molar-refractivity contribution < 1.29 is 23.7 Å². The molecule has 2 aromatic rings. The zero-order valence-electron chi connectivity index (χ0n) is 13.6. The van der Waals surface area contributed by atoms with Gasteiger partial charge >= 0.3 is 0 Å². The number of methoxy groups -OCH3 is 2. The molecule has 5 heteroatoms. The fraction of sp³-hybridized carbons (Fsp3) is 0.211. The summed E-state index contributed by atoms with van der Waals surface area (Å²) in [5, 5.41) is 0. The van der Waals surface area contributed by atoms with Gasteiger partial charge < -0.3 is 18.9 Å². The van der Waals surface area contributed by atoms with Crippen molar-refractivity contribution in [3.63, 3.8) is 0 Å². The molecule has 0 unspecified atom stereocenters. The summed E-state index contributed by atoms with van der Waals surface area (Å²) < 4.78 is 21.4. The van der Waals surface area contributed by atoms with Gasteiger partial charge in [-0.2, -0.15) is 0 Å². The molecule has 0 bridgehead atoms. The van der Waals surface area contributed by atoms with E-state index in [-0.39, 0.29) is 5.78 Å². The lowest BCUT2D eigenvalue weighted by atomic mass is 10.1. The topological polar surface area (TPSA) is 54.0 Å². The molecule has 0 spiro atoms. The Hall–Kier alpha value is -2.95. The van der Waals surface area contributed by atoms with Crippen LogP contribution in [0.15, 0.2) is 42.5 Å². The minimum atomic E-state index is -0.109. The van der Waals surface area contributed by atoms with E-state index in [1.54, 1.807) is 44.6 Å². The Morgan fingerprint density at radius 1 is 0.958 bits per heavy atom. The molecule has 2 aromatic carbocycles. The van der Waals surface area contributed by atoms with Crippen molar-refractivity contribution >= 4 is 11.9 Å². The second kappa shape index (κ2) is 7.08. The molecule has 0 fully saturated rings. The van der Waals surface area contributed by atoms with Crippen molar-refractivity contribution in [3.05, 3.63) is 53.6 Å². The van der Waals surface area contributed by atoms with E-state index in [0.717, 1.165) is 5.56 Å². The highest BCUT2D eigenvalue weighted by molar-refractivity contribution is 6.07. The largest absolute Gasteiger partial charge is 0.493 e.